The molecule has 372 valence electrons. The first-order valence-electron chi connectivity index (χ1n) is 27.7. The molecule has 0 amide bonds. The number of rotatable bonds is 50. The summed E-state index contributed by atoms with van der Waals surface area (Å²) in [5.41, 5.74) is 0. The van der Waals surface area contributed by atoms with Gasteiger partial charge < -0.3 is 14.2 Å². The van der Waals surface area contributed by atoms with Gasteiger partial charge >= 0.3 is 17.9 Å². The van der Waals surface area contributed by atoms with E-state index in [9.17, 15) is 14.4 Å². The number of allylic oxidation sites excluding steroid dienone is 8. The second-order valence-electron chi connectivity index (χ2n) is 18.6. The van der Waals surface area contributed by atoms with Crippen molar-refractivity contribution in [1.82, 2.24) is 0 Å². The topological polar surface area (TPSA) is 78.9 Å². The molecule has 6 nitrogen and oxygen atoms in total. The molecule has 64 heavy (non-hydrogen) atoms. The van der Waals surface area contributed by atoms with Crippen molar-refractivity contribution in [2.75, 3.05) is 13.2 Å². The zero-order valence-corrected chi connectivity index (χ0v) is 42.6. The molecule has 0 aliphatic rings. The highest BCUT2D eigenvalue weighted by atomic mass is 16.6. The fourth-order valence-corrected chi connectivity index (χ4v) is 8.04. The van der Waals surface area contributed by atoms with E-state index >= 15 is 0 Å². The minimum absolute atomic E-state index is 0.0816. The van der Waals surface area contributed by atoms with Crippen molar-refractivity contribution in [3.8, 4) is 0 Å². The third-order valence-corrected chi connectivity index (χ3v) is 12.2. The predicted octanol–water partition coefficient (Wildman–Crippen LogP) is 18.3. The Bertz CT molecular complexity index is 1120. The van der Waals surface area contributed by atoms with Crippen LogP contribution in [0.2, 0.25) is 0 Å². The van der Waals surface area contributed by atoms with Crippen LogP contribution in [0.5, 0.6) is 0 Å². The van der Waals surface area contributed by atoms with E-state index in [4.69, 9.17) is 14.2 Å². The Morgan fingerprint density at radius 1 is 0.328 bits per heavy atom. The van der Waals surface area contributed by atoms with E-state index in [1.165, 1.54) is 173 Å². The molecule has 0 N–H and O–H groups in total. The first kappa shape index (κ1) is 61.4. The van der Waals surface area contributed by atoms with E-state index < -0.39 is 6.10 Å². The van der Waals surface area contributed by atoms with E-state index in [0.717, 1.165) is 70.6 Å². The Morgan fingerprint density at radius 3 is 0.953 bits per heavy atom. The van der Waals surface area contributed by atoms with Gasteiger partial charge in [0, 0.05) is 19.3 Å². The molecular weight excluding hydrogens is 793 g/mol. The summed E-state index contributed by atoms with van der Waals surface area (Å²) in [5, 5.41) is 0. The Kier molecular flexibility index (Phi) is 50.8. The minimum Gasteiger partial charge on any atom is -0.462 e. The van der Waals surface area contributed by atoms with Crippen molar-refractivity contribution in [2.24, 2.45) is 0 Å². The highest BCUT2D eigenvalue weighted by Crippen LogP contribution is 2.17. The van der Waals surface area contributed by atoms with Gasteiger partial charge in [-0.25, -0.2) is 0 Å². The first-order valence-corrected chi connectivity index (χ1v) is 27.7. The molecule has 0 aromatic rings. The van der Waals surface area contributed by atoms with E-state index in [-0.39, 0.29) is 31.1 Å². The maximum Gasteiger partial charge on any atom is 0.306 e. The van der Waals surface area contributed by atoms with Crippen LogP contribution in [0.4, 0.5) is 0 Å². The van der Waals surface area contributed by atoms with Gasteiger partial charge in [0.1, 0.15) is 13.2 Å². The average Bonchev–Trinajstić information content (AvgIpc) is 3.29. The van der Waals surface area contributed by atoms with Crippen LogP contribution in [0, 0.1) is 0 Å². The maximum atomic E-state index is 12.8. The number of carbonyl (C=O) groups excluding carboxylic acids is 3. The van der Waals surface area contributed by atoms with Crippen molar-refractivity contribution >= 4 is 17.9 Å². The summed E-state index contributed by atoms with van der Waals surface area (Å²) in [7, 11) is 0. The number of ether oxygens (including phenoxy) is 3. The normalized spacial score (nSPS) is 12.4. The highest BCUT2D eigenvalue weighted by Gasteiger charge is 2.19. The summed E-state index contributed by atoms with van der Waals surface area (Å²) >= 11 is 0. The van der Waals surface area contributed by atoms with Crippen LogP contribution in [0.25, 0.3) is 0 Å². The zero-order chi connectivity index (χ0) is 46.5. The molecule has 0 rings (SSSR count). The summed E-state index contributed by atoms with van der Waals surface area (Å²) in [4.78, 5) is 38.1. The summed E-state index contributed by atoms with van der Waals surface area (Å²) in [5.74, 6) is -0.907. The number of hydrogen-bond acceptors (Lipinski definition) is 6. The van der Waals surface area contributed by atoms with Crippen molar-refractivity contribution in [1.29, 1.82) is 0 Å². The molecule has 0 heterocycles. The van der Waals surface area contributed by atoms with Crippen LogP contribution >= 0.6 is 0 Å². The third kappa shape index (κ3) is 50.4. The third-order valence-electron chi connectivity index (χ3n) is 12.2. The summed E-state index contributed by atoms with van der Waals surface area (Å²) < 4.78 is 16.8. The van der Waals surface area contributed by atoms with Crippen LogP contribution in [-0.4, -0.2) is 37.2 Å². The molecule has 0 saturated heterocycles. The molecule has 0 saturated carbocycles. The van der Waals surface area contributed by atoms with E-state index in [1.807, 2.05) is 30.4 Å². The quantitative estimate of drug-likeness (QED) is 0.0262. The molecule has 0 bridgehead atoms. The molecule has 1 unspecified atom stereocenters. The lowest BCUT2D eigenvalue weighted by Gasteiger charge is -2.18. The summed E-state index contributed by atoms with van der Waals surface area (Å²) in [6.07, 6.45) is 63.9. The van der Waals surface area contributed by atoms with Crippen LogP contribution < -0.4 is 0 Å². The van der Waals surface area contributed by atoms with Crippen LogP contribution in [0.3, 0.4) is 0 Å². The Balaban J connectivity index is 4.36. The van der Waals surface area contributed by atoms with Gasteiger partial charge in [0.05, 0.1) is 0 Å². The summed E-state index contributed by atoms with van der Waals surface area (Å²) in [6.45, 7) is 6.50. The van der Waals surface area contributed by atoms with Crippen molar-refractivity contribution in [3.05, 3.63) is 48.6 Å². The van der Waals surface area contributed by atoms with Gasteiger partial charge in [-0.3, -0.25) is 14.4 Å². The van der Waals surface area contributed by atoms with E-state index in [1.54, 1.807) is 0 Å². The van der Waals surface area contributed by atoms with Gasteiger partial charge in [0.2, 0.25) is 0 Å². The van der Waals surface area contributed by atoms with Gasteiger partial charge in [-0.1, -0.05) is 275 Å². The van der Waals surface area contributed by atoms with Crippen molar-refractivity contribution in [3.63, 3.8) is 0 Å². The largest absolute Gasteiger partial charge is 0.462 e. The number of hydrogen-bond donors (Lipinski definition) is 0. The van der Waals surface area contributed by atoms with Crippen LogP contribution in [0.15, 0.2) is 48.6 Å². The first-order chi connectivity index (χ1) is 31.5. The van der Waals surface area contributed by atoms with Gasteiger partial charge in [-0.15, -0.1) is 0 Å². The lowest BCUT2D eigenvalue weighted by molar-refractivity contribution is -0.167. The molecule has 0 radical (unpaired) electrons. The fraction of sp³-hybridized carbons (Fsp3) is 0.810. The second-order valence-corrected chi connectivity index (χ2v) is 18.6. The molecule has 0 aromatic carbocycles. The molecule has 0 spiro atoms. The van der Waals surface area contributed by atoms with Gasteiger partial charge in [-0.2, -0.15) is 0 Å². The monoisotopic (exact) mass is 897 g/mol. The fourth-order valence-electron chi connectivity index (χ4n) is 8.04. The zero-order valence-electron chi connectivity index (χ0n) is 42.6. The van der Waals surface area contributed by atoms with Crippen LogP contribution in [0.1, 0.15) is 284 Å². The molecule has 0 aromatic heterocycles. The SMILES string of the molecule is CC\C=C/C=C\C=C/C=C\CCCCCC(=O)OCC(COC(=O)CCCCCCCCCCCCCCCCCCC)OC(=O)CCCCCCCCCCCCCCCCCC. The summed E-state index contributed by atoms with van der Waals surface area (Å²) in [6, 6.07) is 0. The lowest BCUT2D eigenvalue weighted by Crippen LogP contribution is -2.30. The molecule has 0 aliphatic carbocycles. The van der Waals surface area contributed by atoms with Crippen molar-refractivity contribution < 1.29 is 28.6 Å². The predicted molar refractivity (Wildman–Crippen MR) is 275 cm³/mol. The number of unbranched alkanes of at least 4 members (excludes halogenated alkanes) is 34. The Labute approximate surface area is 397 Å². The molecule has 0 aliphatic heterocycles. The maximum absolute atomic E-state index is 12.8. The Morgan fingerprint density at radius 2 is 0.609 bits per heavy atom. The van der Waals surface area contributed by atoms with Crippen molar-refractivity contribution in [2.45, 2.75) is 290 Å². The highest BCUT2D eigenvalue weighted by molar-refractivity contribution is 5.71. The average molecular weight is 897 g/mol. The smallest absolute Gasteiger partial charge is 0.306 e. The molecular formula is C58H104O6. The van der Waals surface area contributed by atoms with E-state index in [2.05, 4.69) is 39.0 Å². The van der Waals surface area contributed by atoms with Gasteiger partial charge in [0.15, 0.2) is 6.10 Å². The number of carbonyl (C=O) groups is 3. The lowest BCUT2D eigenvalue weighted by atomic mass is 10.0. The second kappa shape index (κ2) is 53.0. The molecule has 6 heteroatoms. The molecule has 1 atom stereocenters. The Hall–Kier alpha value is -2.63. The van der Waals surface area contributed by atoms with Gasteiger partial charge in [-0.05, 0) is 38.5 Å². The van der Waals surface area contributed by atoms with Crippen LogP contribution in [-0.2, 0) is 28.6 Å². The molecule has 0 fully saturated rings. The minimum atomic E-state index is -0.785. The van der Waals surface area contributed by atoms with E-state index in [0.29, 0.717) is 19.3 Å². The standard InChI is InChI=1S/C58H104O6/c1-4-7-10-13-16-19-22-25-27-29-31-33-36-39-42-45-48-51-57(60)63-54-55(53-62-56(59)50-47-44-41-38-35-32-24-21-18-15-12-9-6-3)64-58(61)52-49-46-43-40-37-34-30-28-26-23-20-17-14-11-8-5-2/h9,12,15,18,21,24,32,35,55H,4-8,10-11,13-14,16-17,19-20,22-23,25-31,33-34,36-54H2,1-3H3/b12-9-,18-15-,24-21-,35-32-. The number of esters is 3. The van der Waals surface area contributed by atoms with Gasteiger partial charge in [0.25, 0.3) is 0 Å².